The summed E-state index contributed by atoms with van der Waals surface area (Å²) in [6.45, 7) is 15.0. The number of nitrogens with one attached hydrogen (secondary N) is 2. The van der Waals surface area contributed by atoms with Gasteiger partial charge in [-0.1, -0.05) is 91.6 Å². The fourth-order valence-electron chi connectivity index (χ4n) is 2.58. The second kappa shape index (κ2) is 24.2. The number of carbonyl (C=O) groups is 1. The minimum atomic E-state index is -0.0446. The number of hydrogen-bond donors (Lipinski definition) is 2. The van der Waals surface area contributed by atoms with E-state index in [2.05, 4.69) is 31.1 Å². The molecular weight excluding hydrogens is 320 g/mol. The van der Waals surface area contributed by atoms with Crippen LogP contribution in [-0.2, 0) is 4.79 Å². The third-order valence-electron chi connectivity index (χ3n) is 4.34. The van der Waals surface area contributed by atoms with Crippen LogP contribution in [0.5, 0.6) is 0 Å². The molecule has 0 saturated heterocycles. The molecule has 0 fully saturated rings. The average Bonchev–Trinajstić information content (AvgIpc) is 2.64. The topological polar surface area (TPSA) is 41.1 Å². The molecule has 0 rings (SSSR count). The van der Waals surface area contributed by atoms with Crippen LogP contribution >= 0.6 is 0 Å². The Morgan fingerprint density at radius 1 is 0.654 bits per heavy atom. The molecule has 0 saturated carbocycles. The molecule has 0 spiro atoms. The van der Waals surface area contributed by atoms with Gasteiger partial charge in [0.05, 0.1) is 0 Å². The number of carbonyl (C=O) groups excluding carboxylic acids is 1. The first-order valence-electron chi connectivity index (χ1n) is 11.2. The molecule has 0 aromatic rings. The molecule has 0 aliphatic carbocycles. The summed E-state index contributed by atoms with van der Waals surface area (Å²) in [6.07, 6.45) is 17.9. The Bertz CT molecular complexity index is 289. The SMILES string of the molecule is C=C(C)C(=O)NCCC.CCCCCCCCNCCCCCCCC. The zero-order valence-electron chi connectivity index (χ0n) is 18.4. The average molecular weight is 369 g/mol. The first kappa shape index (κ1) is 27.4. The van der Waals surface area contributed by atoms with Crippen LogP contribution in [0, 0.1) is 0 Å². The number of amides is 1. The maximum absolute atomic E-state index is 10.7. The predicted octanol–water partition coefficient (Wildman–Crippen LogP) is 6.39. The lowest BCUT2D eigenvalue weighted by molar-refractivity contribution is -0.117. The van der Waals surface area contributed by atoms with Crippen LogP contribution in [-0.4, -0.2) is 25.5 Å². The summed E-state index contributed by atoms with van der Waals surface area (Å²) in [4.78, 5) is 10.7. The molecule has 0 aromatic heterocycles. The molecule has 0 aliphatic rings. The molecule has 0 atom stereocenters. The lowest BCUT2D eigenvalue weighted by atomic mass is 10.1. The van der Waals surface area contributed by atoms with Crippen molar-refractivity contribution < 1.29 is 4.79 Å². The van der Waals surface area contributed by atoms with E-state index in [0.29, 0.717) is 5.57 Å². The molecule has 156 valence electrons. The minimum Gasteiger partial charge on any atom is -0.352 e. The monoisotopic (exact) mass is 368 g/mol. The maximum Gasteiger partial charge on any atom is 0.246 e. The molecule has 0 unspecified atom stereocenters. The van der Waals surface area contributed by atoms with Gasteiger partial charge in [-0.25, -0.2) is 0 Å². The molecule has 2 N–H and O–H groups in total. The van der Waals surface area contributed by atoms with Gasteiger partial charge in [0.2, 0.25) is 5.91 Å². The Hall–Kier alpha value is -0.830. The number of hydrogen-bond acceptors (Lipinski definition) is 2. The van der Waals surface area contributed by atoms with Crippen molar-refractivity contribution in [3.8, 4) is 0 Å². The highest BCUT2D eigenvalue weighted by atomic mass is 16.1. The zero-order valence-corrected chi connectivity index (χ0v) is 18.4. The molecule has 0 radical (unpaired) electrons. The Balaban J connectivity index is 0. The van der Waals surface area contributed by atoms with Gasteiger partial charge in [-0.2, -0.15) is 0 Å². The van der Waals surface area contributed by atoms with Crippen molar-refractivity contribution >= 4 is 5.91 Å². The van der Waals surface area contributed by atoms with Crippen molar-refractivity contribution in [2.24, 2.45) is 0 Å². The third kappa shape index (κ3) is 25.4. The summed E-state index contributed by atoms with van der Waals surface area (Å²) in [5.74, 6) is -0.0446. The second-order valence-electron chi connectivity index (χ2n) is 7.32. The van der Waals surface area contributed by atoms with Crippen LogP contribution in [0.2, 0.25) is 0 Å². The zero-order chi connectivity index (χ0) is 19.9. The van der Waals surface area contributed by atoms with Crippen LogP contribution in [0.25, 0.3) is 0 Å². The van der Waals surface area contributed by atoms with Gasteiger partial charge in [-0.15, -0.1) is 0 Å². The third-order valence-corrected chi connectivity index (χ3v) is 4.34. The molecule has 0 aliphatic heterocycles. The highest BCUT2D eigenvalue weighted by molar-refractivity contribution is 5.91. The maximum atomic E-state index is 10.7. The van der Waals surface area contributed by atoms with Gasteiger partial charge in [0, 0.05) is 12.1 Å². The van der Waals surface area contributed by atoms with Crippen molar-refractivity contribution in [1.29, 1.82) is 0 Å². The molecule has 3 heteroatoms. The van der Waals surface area contributed by atoms with Crippen molar-refractivity contribution in [2.45, 2.75) is 111 Å². The lowest BCUT2D eigenvalue weighted by Gasteiger charge is -2.04. The van der Waals surface area contributed by atoms with Crippen molar-refractivity contribution in [1.82, 2.24) is 10.6 Å². The van der Waals surface area contributed by atoms with Crippen molar-refractivity contribution in [3.05, 3.63) is 12.2 Å². The van der Waals surface area contributed by atoms with E-state index >= 15 is 0 Å². The summed E-state index contributed by atoms with van der Waals surface area (Å²) in [5, 5.41) is 6.26. The molecule has 0 heterocycles. The smallest absolute Gasteiger partial charge is 0.246 e. The Labute approximate surface area is 164 Å². The van der Waals surface area contributed by atoms with E-state index in [1.807, 2.05) is 6.92 Å². The van der Waals surface area contributed by atoms with E-state index in [1.165, 1.54) is 90.1 Å². The Morgan fingerprint density at radius 2 is 1.08 bits per heavy atom. The predicted molar refractivity (Wildman–Crippen MR) is 118 cm³/mol. The first-order chi connectivity index (χ1) is 12.6. The van der Waals surface area contributed by atoms with Gasteiger partial charge < -0.3 is 10.6 Å². The van der Waals surface area contributed by atoms with E-state index < -0.39 is 0 Å². The van der Waals surface area contributed by atoms with E-state index in [1.54, 1.807) is 6.92 Å². The quantitative estimate of drug-likeness (QED) is 0.231. The highest BCUT2D eigenvalue weighted by Crippen LogP contribution is 2.05. The number of rotatable bonds is 17. The van der Waals surface area contributed by atoms with Crippen LogP contribution in [0.3, 0.4) is 0 Å². The van der Waals surface area contributed by atoms with Crippen LogP contribution in [0.15, 0.2) is 12.2 Å². The Morgan fingerprint density at radius 3 is 1.46 bits per heavy atom. The molecule has 3 nitrogen and oxygen atoms in total. The van der Waals surface area contributed by atoms with Gasteiger partial charge in [-0.3, -0.25) is 4.79 Å². The van der Waals surface area contributed by atoms with Gasteiger partial charge in [0.15, 0.2) is 0 Å². The summed E-state index contributed by atoms with van der Waals surface area (Å²) >= 11 is 0. The largest absolute Gasteiger partial charge is 0.352 e. The van der Waals surface area contributed by atoms with Gasteiger partial charge in [-0.05, 0) is 39.3 Å². The summed E-state index contributed by atoms with van der Waals surface area (Å²) in [7, 11) is 0. The summed E-state index contributed by atoms with van der Waals surface area (Å²) < 4.78 is 0. The van der Waals surface area contributed by atoms with Crippen LogP contribution in [0.1, 0.15) is 111 Å². The highest BCUT2D eigenvalue weighted by Gasteiger charge is 1.96. The summed E-state index contributed by atoms with van der Waals surface area (Å²) in [6, 6.07) is 0. The van der Waals surface area contributed by atoms with Crippen molar-refractivity contribution in [3.63, 3.8) is 0 Å². The second-order valence-corrected chi connectivity index (χ2v) is 7.32. The molecule has 0 bridgehead atoms. The molecular formula is C23H48N2O. The fourth-order valence-corrected chi connectivity index (χ4v) is 2.58. The number of unbranched alkanes of at least 4 members (excludes halogenated alkanes) is 10. The lowest BCUT2D eigenvalue weighted by Crippen LogP contribution is -2.24. The van der Waals surface area contributed by atoms with Gasteiger partial charge in [0.25, 0.3) is 0 Å². The van der Waals surface area contributed by atoms with E-state index in [9.17, 15) is 4.79 Å². The van der Waals surface area contributed by atoms with Crippen molar-refractivity contribution in [2.75, 3.05) is 19.6 Å². The molecule has 0 aromatic carbocycles. The van der Waals surface area contributed by atoms with Gasteiger partial charge >= 0.3 is 0 Å². The van der Waals surface area contributed by atoms with E-state index in [-0.39, 0.29) is 5.91 Å². The van der Waals surface area contributed by atoms with Crippen LogP contribution in [0.4, 0.5) is 0 Å². The van der Waals surface area contributed by atoms with E-state index in [4.69, 9.17) is 0 Å². The van der Waals surface area contributed by atoms with Gasteiger partial charge in [0.1, 0.15) is 0 Å². The summed E-state index contributed by atoms with van der Waals surface area (Å²) in [5.41, 5.74) is 0.573. The molecule has 1 amide bonds. The van der Waals surface area contributed by atoms with E-state index in [0.717, 1.165) is 13.0 Å². The van der Waals surface area contributed by atoms with Crippen LogP contribution < -0.4 is 10.6 Å². The fraction of sp³-hybridized carbons (Fsp3) is 0.870. The Kier molecular flexibility index (Phi) is 25.5. The standard InChI is InChI=1S/C16H35N.C7H13NO/c1-3-5-7-9-11-13-15-17-16-14-12-10-8-6-4-2;1-4-5-8-7(9)6(2)3/h17H,3-16H2,1-2H3;2,4-5H2,1,3H3,(H,8,9). The first-order valence-corrected chi connectivity index (χ1v) is 11.2. The molecule has 26 heavy (non-hydrogen) atoms. The minimum absolute atomic E-state index is 0.0446. The normalized spacial score (nSPS) is 10.2.